The van der Waals surface area contributed by atoms with Gasteiger partial charge in [-0.3, -0.25) is 4.79 Å². The smallest absolute Gasteiger partial charge is 0.265 e. The lowest BCUT2D eigenvalue weighted by molar-refractivity contribution is -0.122. The summed E-state index contributed by atoms with van der Waals surface area (Å²) in [5.41, 5.74) is 2.97. The molecule has 25 heavy (non-hydrogen) atoms. The van der Waals surface area contributed by atoms with Crippen LogP contribution >= 0.6 is 0 Å². The van der Waals surface area contributed by atoms with Gasteiger partial charge in [0.05, 0.1) is 24.6 Å². The second-order valence-electron chi connectivity index (χ2n) is 6.18. The number of anilines is 2. The van der Waals surface area contributed by atoms with E-state index < -0.39 is 6.10 Å². The van der Waals surface area contributed by atoms with Crippen molar-refractivity contribution in [1.82, 2.24) is 0 Å². The first-order valence-electron chi connectivity index (χ1n) is 8.59. The Hall–Kier alpha value is -2.53. The molecule has 5 heteroatoms. The first-order valence-corrected chi connectivity index (χ1v) is 8.59. The minimum absolute atomic E-state index is 0.165. The van der Waals surface area contributed by atoms with Crippen LogP contribution in [0.15, 0.2) is 48.5 Å². The fraction of sp³-hybridized carbons (Fsp3) is 0.350. The molecule has 1 aliphatic heterocycles. The molecule has 0 spiro atoms. The van der Waals surface area contributed by atoms with Crippen molar-refractivity contribution < 1.29 is 14.3 Å². The quantitative estimate of drug-likeness (QED) is 0.908. The third-order valence-electron chi connectivity index (χ3n) is 4.22. The maximum Gasteiger partial charge on any atom is 0.265 e. The number of para-hydroxylation sites is 2. The van der Waals surface area contributed by atoms with E-state index in [1.165, 1.54) is 0 Å². The third-order valence-corrected chi connectivity index (χ3v) is 4.22. The lowest BCUT2D eigenvalue weighted by Gasteiger charge is -2.30. The van der Waals surface area contributed by atoms with Crippen molar-refractivity contribution in [2.75, 3.05) is 36.5 Å². The Morgan fingerprint density at radius 2 is 1.80 bits per heavy atom. The monoisotopic (exact) mass is 340 g/mol. The van der Waals surface area contributed by atoms with Crippen LogP contribution in [-0.4, -0.2) is 38.3 Å². The molecule has 0 bridgehead atoms. The van der Waals surface area contributed by atoms with Crippen LogP contribution in [0, 0.1) is 6.92 Å². The van der Waals surface area contributed by atoms with Gasteiger partial charge in [0, 0.05) is 13.1 Å². The summed E-state index contributed by atoms with van der Waals surface area (Å²) >= 11 is 0. The maximum absolute atomic E-state index is 12.5. The van der Waals surface area contributed by atoms with E-state index in [0.717, 1.165) is 30.0 Å². The Morgan fingerprint density at radius 1 is 1.12 bits per heavy atom. The van der Waals surface area contributed by atoms with Crippen LogP contribution in [0.1, 0.15) is 12.5 Å². The van der Waals surface area contributed by atoms with Crippen LogP contribution in [-0.2, 0) is 9.53 Å². The van der Waals surface area contributed by atoms with E-state index in [2.05, 4.69) is 10.2 Å². The van der Waals surface area contributed by atoms with E-state index in [4.69, 9.17) is 9.47 Å². The molecule has 0 radical (unpaired) electrons. The van der Waals surface area contributed by atoms with Crippen molar-refractivity contribution in [3.63, 3.8) is 0 Å². The summed E-state index contributed by atoms with van der Waals surface area (Å²) in [4.78, 5) is 14.8. The number of carbonyl (C=O) groups is 1. The van der Waals surface area contributed by atoms with E-state index in [1.54, 1.807) is 6.92 Å². The van der Waals surface area contributed by atoms with Crippen LogP contribution in [0.25, 0.3) is 0 Å². The summed E-state index contributed by atoms with van der Waals surface area (Å²) in [6.07, 6.45) is -0.583. The van der Waals surface area contributed by atoms with Gasteiger partial charge in [-0.2, -0.15) is 0 Å². The van der Waals surface area contributed by atoms with Gasteiger partial charge in [0.2, 0.25) is 0 Å². The van der Waals surface area contributed by atoms with E-state index in [1.807, 2.05) is 55.5 Å². The van der Waals surface area contributed by atoms with E-state index in [0.29, 0.717) is 19.0 Å². The number of amides is 1. The molecule has 1 saturated heterocycles. The lowest BCUT2D eigenvalue weighted by Crippen LogP contribution is -2.37. The molecule has 1 N–H and O–H groups in total. The van der Waals surface area contributed by atoms with Crippen LogP contribution in [0.5, 0.6) is 5.75 Å². The van der Waals surface area contributed by atoms with Gasteiger partial charge in [0.25, 0.3) is 5.91 Å². The van der Waals surface area contributed by atoms with E-state index >= 15 is 0 Å². The average Bonchev–Trinajstić information content (AvgIpc) is 2.64. The first-order chi connectivity index (χ1) is 12.1. The normalized spacial score (nSPS) is 15.5. The highest BCUT2D eigenvalue weighted by Crippen LogP contribution is 2.26. The van der Waals surface area contributed by atoms with Crippen molar-refractivity contribution in [3.8, 4) is 5.75 Å². The minimum Gasteiger partial charge on any atom is -0.481 e. The number of benzene rings is 2. The number of ether oxygens (including phenoxy) is 2. The van der Waals surface area contributed by atoms with Gasteiger partial charge >= 0.3 is 0 Å². The maximum atomic E-state index is 12.5. The van der Waals surface area contributed by atoms with Gasteiger partial charge in [-0.1, -0.05) is 29.8 Å². The predicted octanol–water partition coefficient (Wildman–Crippen LogP) is 3.24. The predicted molar refractivity (Wildman–Crippen MR) is 99.4 cm³/mol. The average molecular weight is 340 g/mol. The first kappa shape index (κ1) is 17.3. The number of carbonyl (C=O) groups excluding carboxylic acids is 1. The van der Waals surface area contributed by atoms with Crippen LogP contribution in [0.3, 0.4) is 0 Å². The fourth-order valence-electron chi connectivity index (χ4n) is 2.77. The van der Waals surface area contributed by atoms with Crippen molar-refractivity contribution in [1.29, 1.82) is 0 Å². The highest BCUT2D eigenvalue weighted by Gasteiger charge is 2.19. The summed E-state index contributed by atoms with van der Waals surface area (Å²) in [6.45, 7) is 6.82. The highest BCUT2D eigenvalue weighted by atomic mass is 16.5. The van der Waals surface area contributed by atoms with Gasteiger partial charge in [0.15, 0.2) is 6.10 Å². The van der Waals surface area contributed by atoms with Crippen LogP contribution < -0.4 is 15.0 Å². The lowest BCUT2D eigenvalue weighted by atomic mass is 10.2. The van der Waals surface area contributed by atoms with Crippen LogP contribution in [0.2, 0.25) is 0 Å². The fourth-order valence-corrected chi connectivity index (χ4v) is 2.77. The van der Waals surface area contributed by atoms with Gasteiger partial charge < -0.3 is 19.7 Å². The zero-order valence-corrected chi connectivity index (χ0v) is 14.7. The summed E-state index contributed by atoms with van der Waals surface area (Å²) in [5.74, 6) is 0.524. The zero-order chi connectivity index (χ0) is 17.6. The third kappa shape index (κ3) is 4.51. The number of morpholine rings is 1. The Morgan fingerprint density at radius 3 is 2.52 bits per heavy atom. The molecule has 2 aromatic rings. The van der Waals surface area contributed by atoms with Gasteiger partial charge in [-0.25, -0.2) is 0 Å². The zero-order valence-electron chi connectivity index (χ0n) is 14.7. The van der Waals surface area contributed by atoms with Crippen molar-refractivity contribution in [2.24, 2.45) is 0 Å². The topological polar surface area (TPSA) is 50.8 Å². The van der Waals surface area contributed by atoms with Gasteiger partial charge in [-0.05, 0) is 38.1 Å². The summed E-state index contributed by atoms with van der Waals surface area (Å²) in [7, 11) is 0. The van der Waals surface area contributed by atoms with E-state index in [9.17, 15) is 4.79 Å². The second kappa shape index (κ2) is 8.03. The molecule has 1 amide bonds. The molecule has 132 valence electrons. The number of nitrogens with one attached hydrogen (secondary N) is 1. The number of nitrogens with zero attached hydrogens (tertiary/aromatic N) is 1. The Bertz CT molecular complexity index is 709. The number of aryl methyl sites for hydroxylation is 1. The van der Waals surface area contributed by atoms with E-state index in [-0.39, 0.29) is 5.91 Å². The van der Waals surface area contributed by atoms with Crippen LogP contribution in [0.4, 0.5) is 11.4 Å². The molecule has 0 aromatic heterocycles. The summed E-state index contributed by atoms with van der Waals surface area (Å²) < 4.78 is 11.1. The van der Waals surface area contributed by atoms with Crippen molar-refractivity contribution >= 4 is 17.3 Å². The van der Waals surface area contributed by atoms with Gasteiger partial charge in [-0.15, -0.1) is 0 Å². The highest BCUT2D eigenvalue weighted by molar-refractivity contribution is 5.97. The SMILES string of the molecule is Cc1ccc(O[C@@H](C)C(=O)Nc2ccccc2N2CCOCC2)cc1. The molecule has 1 fully saturated rings. The Labute approximate surface area is 148 Å². The van der Waals surface area contributed by atoms with Crippen molar-refractivity contribution in [2.45, 2.75) is 20.0 Å². The molecule has 0 saturated carbocycles. The number of hydrogen-bond donors (Lipinski definition) is 1. The molecule has 0 aliphatic carbocycles. The molecule has 1 aliphatic rings. The van der Waals surface area contributed by atoms with Crippen molar-refractivity contribution in [3.05, 3.63) is 54.1 Å². The Kier molecular flexibility index (Phi) is 5.56. The molecule has 1 heterocycles. The molecule has 3 rings (SSSR count). The van der Waals surface area contributed by atoms with Gasteiger partial charge in [0.1, 0.15) is 5.75 Å². The molecule has 1 atom stereocenters. The number of hydrogen-bond acceptors (Lipinski definition) is 4. The number of rotatable bonds is 5. The molecule has 5 nitrogen and oxygen atoms in total. The standard InChI is InChI=1S/C20H24N2O3/c1-15-7-9-17(10-8-15)25-16(2)20(23)21-18-5-3-4-6-19(18)22-11-13-24-14-12-22/h3-10,16H,11-14H2,1-2H3,(H,21,23)/t16-/m0/s1. The molecule has 2 aromatic carbocycles. The summed E-state index contributed by atoms with van der Waals surface area (Å²) in [6, 6.07) is 15.5. The molecular formula is C20H24N2O3. The minimum atomic E-state index is -0.583. The molecular weight excluding hydrogens is 316 g/mol. The Balaban J connectivity index is 1.66. The molecule has 0 unspecified atom stereocenters. The second-order valence-corrected chi connectivity index (χ2v) is 6.18. The largest absolute Gasteiger partial charge is 0.481 e. The summed E-state index contributed by atoms with van der Waals surface area (Å²) in [5, 5.41) is 2.99.